The number of rotatable bonds is 10. The van der Waals surface area contributed by atoms with Gasteiger partial charge in [-0.3, -0.25) is 14.8 Å². The van der Waals surface area contributed by atoms with Crippen molar-refractivity contribution in [2.24, 2.45) is 0 Å². The lowest BCUT2D eigenvalue weighted by atomic mass is 9.93. The molecule has 1 heterocycles. The smallest absolute Gasteiger partial charge is 0.416 e. The van der Waals surface area contributed by atoms with Crippen LogP contribution in [0.1, 0.15) is 35.2 Å². The highest BCUT2D eigenvalue weighted by Crippen LogP contribution is 2.49. The van der Waals surface area contributed by atoms with Crippen molar-refractivity contribution in [2.45, 2.75) is 37.8 Å². The first kappa shape index (κ1) is 32.5. The molecule has 242 valence electrons. The second kappa shape index (κ2) is 12.5. The fraction of sp³-hybridized carbons (Fsp3) is 0.281. The van der Waals surface area contributed by atoms with Gasteiger partial charge < -0.3 is 14.0 Å². The minimum absolute atomic E-state index is 0.0813. The van der Waals surface area contributed by atoms with Gasteiger partial charge in [0.05, 0.1) is 36.5 Å². The van der Waals surface area contributed by atoms with Gasteiger partial charge in [-0.1, -0.05) is 53.7 Å². The number of carbonyl (C=O) groups is 2. The number of aryl methyl sites for hydroxylation is 1. The third-order valence-corrected chi connectivity index (χ3v) is 8.20. The molecule has 1 saturated carbocycles. The Hall–Kier alpha value is -4.85. The van der Waals surface area contributed by atoms with Crippen LogP contribution < -0.4 is 14.8 Å². The number of anilines is 1. The molecule has 10 nitrogen and oxygen atoms in total. The molecule has 4 aromatic rings. The van der Waals surface area contributed by atoms with Gasteiger partial charge in [0, 0.05) is 6.42 Å². The third-order valence-electron chi connectivity index (χ3n) is 7.65. The average Bonchev–Trinajstić information content (AvgIpc) is 3.75. The summed E-state index contributed by atoms with van der Waals surface area (Å²) in [6.07, 6.45) is -3.19. The van der Waals surface area contributed by atoms with Crippen LogP contribution in [-0.2, 0) is 37.6 Å². The molecule has 2 N–H and O–H groups in total. The number of halogens is 3. The van der Waals surface area contributed by atoms with Crippen molar-refractivity contribution >= 4 is 27.7 Å². The average molecular weight is 658 g/mol. The van der Waals surface area contributed by atoms with Crippen LogP contribution in [0.3, 0.4) is 0 Å². The summed E-state index contributed by atoms with van der Waals surface area (Å²) in [6, 6.07) is 17.4. The first-order chi connectivity index (χ1) is 21.7. The minimum Gasteiger partial charge on any atom is -0.496 e. The molecule has 1 fully saturated rings. The molecular weight excluding hydrogens is 627 g/mol. The number of hydrogen-bond acceptors (Lipinski definition) is 8. The first-order valence-electron chi connectivity index (χ1n) is 14.1. The summed E-state index contributed by atoms with van der Waals surface area (Å²) in [4.78, 5) is 25.2. The van der Waals surface area contributed by atoms with Gasteiger partial charge in [0.15, 0.2) is 5.76 Å². The molecule has 0 spiro atoms. The molecule has 0 aliphatic heterocycles. The van der Waals surface area contributed by atoms with Gasteiger partial charge >= 0.3 is 12.3 Å². The number of carbonyl (C=O) groups excluding carboxylic acids is 2. The summed E-state index contributed by atoms with van der Waals surface area (Å²) in [5.41, 5.74) is 2.11. The quantitative estimate of drug-likeness (QED) is 0.205. The summed E-state index contributed by atoms with van der Waals surface area (Å²) in [6.45, 7) is 1.46. The molecule has 0 radical (unpaired) electrons. The van der Waals surface area contributed by atoms with Crippen LogP contribution in [0.25, 0.3) is 22.5 Å². The minimum atomic E-state index is -4.47. The molecule has 0 unspecified atom stereocenters. The Morgan fingerprint density at radius 3 is 2.35 bits per heavy atom. The molecule has 0 bridgehead atoms. The van der Waals surface area contributed by atoms with Gasteiger partial charge in [0.25, 0.3) is 0 Å². The van der Waals surface area contributed by atoms with E-state index in [0.29, 0.717) is 35.4 Å². The summed E-state index contributed by atoms with van der Waals surface area (Å²) in [5.74, 6) is 0.0728. The lowest BCUT2D eigenvalue weighted by molar-refractivity contribution is -0.137. The van der Waals surface area contributed by atoms with Crippen LogP contribution in [0, 0.1) is 6.92 Å². The lowest BCUT2D eigenvalue weighted by Crippen LogP contribution is -2.38. The maximum atomic E-state index is 13.0. The van der Waals surface area contributed by atoms with Crippen molar-refractivity contribution in [1.29, 1.82) is 0 Å². The van der Waals surface area contributed by atoms with E-state index < -0.39 is 39.2 Å². The summed E-state index contributed by atoms with van der Waals surface area (Å²) >= 11 is 0. The molecule has 1 aliphatic carbocycles. The Labute approximate surface area is 262 Å². The Kier molecular flexibility index (Phi) is 8.85. The molecule has 0 atom stereocenters. The highest BCUT2D eigenvalue weighted by Gasteiger charge is 2.52. The van der Waals surface area contributed by atoms with Crippen molar-refractivity contribution in [1.82, 2.24) is 9.88 Å². The van der Waals surface area contributed by atoms with Crippen LogP contribution in [0.15, 0.2) is 71.3 Å². The third kappa shape index (κ3) is 7.17. The topological polar surface area (TPSA) is 137 Å². The number of benzene rings is 3. The van der Waals surface area contributed by atoms with E-state index in [9.17, 15) is 31.2 Å². The van der Waals surface area contributed by atoms with Gasteiger partial charge in [-0.25, -0.2) is 13.2 Å². The number of hydrogen-bond donors (Lipinski definition) is 2. The van der Waals surface area contributed by atoms with Crippen LogP contribution in [0.4, 0.5) is 23.7 Å². The first-order valence-corrected chi connectivity index (χ1v) is 16.0. The molecule has 2 amide bonds. The standard InChI is InChI=1S/C32H30F3N3O7S/c1-19-27(36-30(40)44-16-13-20-5-4-6-24(17-20)32(33,34)35)28(45-37-19)25-12-9-22(18-26(25)43-2)21-7-10-23(11-8-21)31(14-15-31)29(39)38-46(3,41)42/h4-12,17-18H,13-16H2,1-3H3,(H,36,40)(H,38,39). The van der Waals surface area contributed by atoms with Gasteiger partial charge in [0.2, 0.25) is 15.9 Å². The second-order valence-electron chi connectivity index (χ2n) is 11.0. The monoisotopic (exact) mass is 657 g/mol. The number of methoxy groups -OCH3 is 1. The SMILES string of the molecule is COc1cc(-c2ccc(C3(C(=O)NS(C)(=O)=O)CC3)cc2)ccc1-c1onc(C)c1NC(=O)OCCc1cccc(C(F)(F)F)c1. The van der Waals surface area contributed by atoms with Crippen molar-refractivity contribution in [3.8, 4) is 28.2 Å². The van der Waals surface area contributed by atoms with Crippen LogP contribution in [-0.4, -0.2) is 45.5 Å². The Bertz CT molecular complexity index is 1880. The number of ether oxygens (including phenoxy) is 2. The molecular formula is C32H30F3N3O7S. The number of nitrogens with one attached hydrogen (secondary N) is 2. The van der Waals surface area contributed by atoms with Crippen molar-refractivity contribution in [3.63, 3.8) is 0 Å². The largest absolute Gasteiger partial charge is 0.496 e. The molecule has 3 aromatic carbocycles. The van der Waals surface area contributed by atoms with Crippen molar-refractivity contribution in [3.05, 3.63) is 89.1 Å². The van der Waals surface area contributed by atoms with E-state index in [1.165, 1.54) is 19.2 Å². The highest BCUT2D eigenvalue weighted by molar-refractivity contribution is 7.89. The molecule has 46 heavy (non-hydrogen) atoms. The predicted molar refractivity (Wildman–Crippen MR) is 163 cm³/mol. The molecule has 5 rings (SSSR count). The van der Waals surface area contributed by atoms with E-state index in [0.717, 1.165) is 35.1 Å². The van der Waals surface area contributed by atoms with Crippen molar-refractivity contribution in [2.75, 3.05) is 25.3 Å². The Morgan fingerprint density at radius 1 is 1.02 bits per heavy atom. The fourth-order valence-corrected chi connectivity index (χ4v) is 5.61. The predicted octanol–water partition coefficient (Wildman–Crippen LogP) is 6.24. The zero-order chi connectivity index (χ0) is 33.3. The zero-order valence-electron chi connectivity index (χ0n) is 25.0. The van der Waals surface area contributed by atoms with E-state index in [2.05, 4.69) is 15.2 Å². The molecule has 14 heteroatoms. The van der Waals surface area contributed by atoms with Crippen LogP contribution in [0.5, 0.6) is 5.75 Å². The fourth-order valence-electron chi connectivity index (χ4n) is 5.08. The van der Waals surface area contributed by atoms with Gasteiger partial charge in [-0.15, -0.1) is 0 Å². The van der Waals surface area contributed by atoms with Crippen LogP contribution >= 0.6 is 0 Å². The van der Waals surface area contributed by atoms with Gasteiger partial charge in [-0.2, -0.15) is 13.2 Å². The summed E-state index contributed by atoms with van der Waals surface area (Å²) in [7, 11) is -2.20. The highest BCUT2D eigenvalue weighted by atomic mass is 32.2. The maximum Gasteiger partial charge on any atom is 0.416 e. The number of amides is 2. The van der Waals surface area contributed by atoms with E-state index in [-0.39, 0.29) is 24.5 Å². The molecule has 1 aliphatic rings. The molecule has 0 saturated heterocycles. The summed E-state index contributed by atoms with van der Waals surface area (Å²) in [5, 5.41) is 6.56. The molecule has 1 aromatic heterocycles. The number of alkyl halides is 3. The van der Waals surface area contributed by atoms with Gasteiger partial charge in [-0.05, 0) is 60.2 Å². The summed E-state index contributed by atoms with van der Waals surface area (Å²) < 4.78 is 80.5. The number of nitrogens with zero attached hydrogens (tertiary/aromatic N) is 1. The lowest BCUT2D eigenvalue weighted by Gasteiger charge is -2.16. The second-order valence-corrected chi connectivity index (χ2v) is 12.7. The maximum absolute atomic E-state index is 13.0. The van der Waals surface area contributed by atoms with E-state index in [4.69, 9.17) is 14.0 Å². The van der Waals surface area contributed by atoms with Crippen molar-refractivity contribution < 1.29 is 45.2 Å². The Balaban J connectivity index is 1.28. The zero-order valence-corrected chi connectivity index (χ0v) is 25.8. The Morgan fingerprint density at radius 2 is 1.72 bits per heavy atom. The number of sulfonamides is 1. The number of aromatic nitrogens is 1. The van der Waals surface area contributed by atoms with Gasteiger partial charge in [0.1, 0.15) is 17.1 Å². The van der Waals surface area contributed by atoms with E-state index in [1.54, 1.807) is 31.2 Å². The van der Waals surface area contributed by atoms with E-state index in [1.807, 2.05) is 18.2 Å². The van der Waals surface area contributed by atoms with Crippen LogP contribution in [0.2, 0.25) is 0 Å². The normalized spacial score (nSPS) is 14.0. The van der Waals surface area contributed by atoms with E-state index >= 15 is 0 Å².